The van der Waals surface area contributed by atoms with Crippen molar-refractivity contribution in [1.82, 2.24) is 4.98 Å². The lowest BCUT2D eigenvalue weighted by atomic mass is 9.99. The number of aromatic carboxylic acids is 1. The van der Waals surface area contributed by atoms with Crippen molar-refractivity contribution in [1.29, 1.82) is 0 Å². The summed E-state index contributed by atoms with van der Waals surface area (Å²) in [6.07, 6.45) is 1.61. The van der Waals surface area contributed by atoms with Crippen molar-refractivity contribution in [2.45, 2.75) is 19.8 Å². The number of carboxylic acid groups (broad SMARTS) is 1. The Morgan fingerprint density at radius 1 is 1.00 bits per heavy atom. The number of pyridine rings is 1. The average Bonchev–Trinajstić information content (AvgIpc) is 2.80. The molecule has 0 saturated heterocycles. The molecule has 3 aromatic carbocycles. The third-order valence-corrected chi connectivity index (χ3v) is 5.20. The van der Waals surface area contributed by atoms with E-state index in [0.717, 1.165) is 18.9 Å². The topological polar surface area (TPSA) is 59.4 Å². The fourth-order valence-electron chi connectivity index (χ4n) is 3.57. The van der Waals surface area contributed by atoms with Gasteiger partial charge in [-0.05, 0) is 42.3 Å². The first-order valence-electron chi connectivity index (χ1n) is 10.3. The van der Waals surface area contributed by atoms with Gasteiger partial charge in [-0.3, -0.25) is 0 Å². The standard InChI is InChI=1S/C26H21F2NO3/c1-2-3-13-32-25-19(11-10-18(24(25)28)16-7-5-4-6-8-16)23-15-21(26(30)31)20-14-17(27)9-12-22(20)29-23/h4-12,14-15H,2-3,13H2,1H3,(H,30,31). The fraction of sp³-hybridized carbons (Fsp3) is 0.154. The predicted octanol–water partition coefficient (Wildman–Crippen LogP) is 6.72. The maximum Gasteiger partial charge on any atom is 0.336 e. The summed E-state index contributed by atoms with van der Waals surface area (Å²) in [5.41, 5.74) is 1.84. The van der Waals surface area contributed by atoms with E-state index in [0.29, 0.717) is 28.8 Å². The Morgan fingerprint density at radius 2 is 1.75 bits per heavy atom. The van der Waals surface area contributed by atoms with Crippen molar-refractivity contribution in [2.24, 2.45) is 0 Å². The Kier molecular flexibility index (Phi) is 6.12. The molecule has 0 aliphatic heterocycles. The number of halogens is 2. The zero-order valence-corrected chi connectivity index (χ0v) is 17.4. The van der Waals surface area contributed by atoms with Gasteiger partial charge in [0, 0.05) is 16.5 Å². The van der Waals surface area contributed by atoms with Crippen molar-refractivity contribution in [3.05, 3.63) is 83.9 Å². The Balaban J connectivity index is 1.92. The van der Waals surface area contributed by atoms with Crippen LogP contribution in [-0.2, 0) is 0 Å². The van der Waals surface area contributed by atoms with Gasteiger partial charge < -0.3 is 9.84 Å². The first kappa shape index (κ1) is 21.4. The molecular weight excluding hydrogens is 412 g/mol. The minimum Gasteiger partial charge on any atom is -0.490 e. The van der Waals surface area contributed by atoms with E-state index in [1.165, 1.54) is 18.2 Å². The summed E-state index contributed by atoms with van der Waals surface area (Å²) in [5.74, 6) is -2.30. The maximum atomic E-state index is 15.6. The number of carbonyl (C=O) groups is 1. The van der Waals surface area contributed by atoms with E-state index in [2.05, 4.69) is 4.98 Å². The van der Waals surface area contributed by atoms with Crippen molar-refractivity contribution in [3.8, 4) is 28.1 Å². The summed E-state index contributed by atoms with van der Waals surface area (Å²) in [4.78, 5) is 16.3. The van der Waals surface area contributed by atoms with Crippen LogP contribution < -0.4 is 4.74 Å². The Bertz CT molecular complexity index is 1290. The van der Waals surface area contributed by atoms with E-state index in [9.17, 15) is 14.3 Å². The zero-order chi connectivity index (χ0) is 22.7. The van der Waals surface area contributed by atoms with Crippen LogP contribution in [0.3, 0.4) is 0 Å². The highest BCUT2D eigenvalue weighted by Gasteiger charge is 2.21. The Labute approximate surface area is 184 Å². The molecule has 0 spiro atoms. The van der Waals surface area contributed by atoms with E-state index in [1.807, 2.05) is 25.1 Å². The van der Waals surface area contributed by atoms with Gasteiger partial charge in [-0.1, -0.05) is 49.7 Å². The summed E-state index contributed by atoms with van der Waals surface area (Å²) in [7, 11) is 0. The molecule has 162 valence electrons. The van der Waals surface area contributed by atoms with Crippen LogP contribution in [0.25, 0.3) is 33.3 Å². The van der Waals surface area contributed by atoms with Gasteiger partial charge in [-0.15, -0.1) is 0 Å². The Morgan fingerprint density at radius 3 is 2.47 bits per heavy atom. The SMILES string of the molecule is CCCCOc1c(-c2cc(C(=O)O)c3cc(F)ccc3n2)ccc(-c2ccccc2)c1F. The van der Waals surface area contributed by atoms with Crippen LogP contribution in [-0.4, -0.2) is 22.7 Å². The van der Waals surface area contributed by atoms with Crippen LogP contribution in [0.5, 0.6) is 5.75 Å². The van der Waals surface area contributed by atoms with Crippen LogP contribution in [0.1, 0.15) is 30.1 Å². The number of hydrogen-bond acceptors (Lipinski definition) is 3. The number of rotatable bonds is 7. The second-order valence-electron chi connectivity index (χ2n) is 7.39. The molecule has 32 heavy (non-hydrogen) atoms. The average molecular weight is 433 g/mol. The summed E-state index contributed by atoms with van der Waals surface area (Å²) >= 11 is 0. The second-order valence-corrected chi connectivity index (χ2v) is 7.39. The van der Waals surface area contributed by atoms with Gasteiger partial charge in [0.05, 0.1) is 23.4 Å². The normalized spacial score (nSPS) is 11.0. The monoisotopic (exact) mass is 433 g/mol. The van der Waals surface area contributed by atoms with E-state index in [1.54, 1.807) is 24.3 Å². The van der Waals surface area contributed by atoms with E-state index >= 15 is 4.39 Å². The summed E-state index contributed by atoms with van der Waals surface area (Å²) in [6.45, 7) is 2.31. The van der Waals surface area contributed by atoms with Gasteiger partial charge in [0.25, 0.3) is 0 Å². The van der Waals surface area contributed by atoms with Crippen LogP contribution in [0.4, 0.5) is 8.78 Å². The first-order chi connectivity index (χ1) is 15.5. The lowest BCUT2D eigenvalue weighted by Crippen LogP contribution is -2.04. The van der Waals surface area contributed by atoms with Crippen molar-refractivity contribution in [3.63, 3.8) is 0 Å². The molecule has 1 N–H and O–H groups in total. The molecule has 0 amide bonds. The smallest absolute Gasteiger partial charge is 0.336 e. The lowest BCUT2D eigenvalue weighted by Gasteiger charge is -2.16. The number of hydrogen-bond donors (Lipinski definition) is 1. The molecule has 0 atom stereocenters. The molecule has 0 bridgehead atoms. The fourth-order valence-corrected chi connectivity index (χ4v) is 3.57. The third-order valence-electron chi connectivity index (χ3n) is 5.20. The molecule has 0 fully saturated rings. The maximum absolute atomic E-state index is 15.6. The van der Waals surface area contributed by atoms with Gasteiger partial charge in [0.15, 0.2) is 11.6 Å². The number of unbranched alkanes of at least 4 members (excludes halogenated alkanes) is 1. The quantitative estimate of drug-likeness (QED) is 0.329. The molecule has 0 aliphatic rings. The number of ether oxygens (including phenoxy) is 1. The number of carboxylic acids is 1. The molecule has 0 radical (unpaired) electrons. The molecule has 4 rings (SSSR count). The van der Waals surface area contributed by atoms with Crippen molar-refractivity contribution >= 4 is 16.9 Å². The van der Waals surface area contributed by atoms with Gasteiger partial charge in [0.1, 0.15) is 5.82 Å². The number of nitrogens with zero attached hydrogens (tertiary/aromatic N) is 1. The van der Waals surface area contributed by atoms with E-state index in [4.69, 9.17) is 4.74 Å². The predicted molar refractivity (Wildman–Crippen MR) is 120 cm³/mol. The Hall–Kier alpha value is -3.80. The van der Waals surface area contributed by atoms with Gasteiger partial charge in [-0.2, -0.15) is 0 Å². The largest absolute Gasteiger partial charge is 0.490 e. The molecule has 1 aromatic heterocycles. The molecule has 4 aromatic rings. The minimum absolute atomic E-state index is 0.0186. The summed E-state index contributed by atoms with van der Waals surface area (Å²) in [5, 5.41) is 9.86. The molecule has 6 heteroatoms. The number of aromatic nitrogens is 1. The van der Waals surface area contributed by atoms with Gasteiger partial charge in [-0.25, -0.2) is 18.6 Å². The van der Waals surface area contributed by atoms with Crippen LogP contribution in [0, 0.1) is 11.6 Å². The highest BCUT2D eigenvalue weighted by Crippen LogP contribution is 2.38. The summed E-state index contributed by atoms with van der Waals surface area (Å²) < 4.78 is 35.2. The zero-order valence-electron chi connectivity index (χ0n) is 17.4. The molecule has 0 saturated carbocycles. The molecule has 4 nitrogen and oxygen atoms in total. The molecule has 0 aliphatic carbocycles. The number of benzene rings is 3. The highest BCUT2D eigenvalue weighted by atomic mass is 19.1. The lowest BCUT2D eigenvalue weighted by molar-refractivity contribution is 0.0699. The van der Waals surface area contributed by atoms with Crippen LogP contribution in [0.2, 0.25) is 0 Å². The van der Waals surface area contributed by atoms with Crippen LogP contribution >= 0.6 is 0 Å². The highest BCUT2D eigenvalue weighted by molar-refractivity contribution is 6.04. The van der Waals surface area contributed by atoms with Gasteiger partial charge >= 0.3 is 5.97 Å². The van der Waals surface area contributed by atoms with Crippen molar-refractivity contribution < 1.29 is 23.4 Å². The second kappa shape index (κ2) is 9.14. The minimum atomic E-state index is -1.22. The van der Waals surface area contributed by atoms with E-state index < -0.39 is 17.6 Å². The van der Waals surface area contributed by atoms with E-state index in [-0.39, 0.29) is 22.4 Å². The number of fused-ring (bicyclic) bond motifs is 1. The van der Waals surface area contributed by atoms with Crippen LogP contribution in [0.15, 0.2) is 66.7 Å². The third kappa shape index (κ3) is 4.17. The van der Waals surface area contributed by atoms with Crippen molar-refractivity contribution in [2.75, 3.05) is 6.61 Å². The van der Waals surface area contributed by atoms with Gasteiger partial charge in [0.2, 0.25) is 0 Å². The molecule has 0 unspecified atom stereocenters. The summed E-state index contributed by atoms with van der Waals surface area (Å²) in [6, 6.07) is 17.5. The first-order valence-corrected chi connectivity index (χ1v) is 10.3. The molecule has 1 heterocycles. The molecular formula is C26H21F2NO3.